The first-order valence-corrected chi connectivity index (χ1v) is 5.58. The van der Waals surface area contributed by atoms with Crippen molar-refractivity contribution in [3.8, 4) is 17.5 Å². The number of nitrogens with zero attached hydrogens (tertiary/aromatic N) is 4. The number of hydrogen-bond acceptors (Lipinski definition) is 6. The van der Waals surface area contributed by atoms with E-state index in [0.29, 0.717) is 28.4 Å². The van der Waals surface area contributed by atoms with Gasteiger partial charge in [-0.3, -0.25) is 0 Å². The predicted molar refractivity (Wildman–Crippen MR) is 56.7 cm³/mol. The van der Waals surface area contributed by atoms with Crippen molar-refractivity contribution in [3.63, 3.8) is 0 Å². The fourth-order valence-electron chi connectivity index (χ4n) is 1.15. The number of rotatable bonds is 3. The number of ether oxygens (including phenoxy) is 1. The molecule has 0 aromatic carbocycles. The van der Waals surface area contributed by atoms with Crippen molar-refractivity contribution in [2.75, 3.05) is 0 Å². The standard InChI is InChI=1S/C9H7BrN4O2/c10-9-14-13-8(16-9)6-3-12-7(4-11-6)15-5-1-2-5/h3-5H,1-2H2. The number of halogens is 1. The molecule has 82 valence electrons. The van der Waals surface area contributed by atoms with E-state index in [4.69, 9.17) is 9.15 Å². The van der Waals surface area contributed by atoms with E-state index in [2.05, 4.69) is 36.1 Å². The van der Waals surface area contributed by atoms with Crippen LogP contribution in [0.5, 0.6) is 5.88 Å². The lowest BCUT2D eigenvalue weighted by Gasteiger charge is -2.01. The Kier molecular flexibility index (Phi) is 2.32. The largest absolute Gasteiger partial charge is 0.473 e. The molecule has 0 radical (unpaired) electrons. The topological polar surface area (TPSA) is 73.9 Å². The monoisotopic (exact) mass is 282 g/mol. The zero-order valence-electron chi connectivity index (χ0n) is 8.13. The Morgan fingerprint density at radius 1 is 1.25 bits per heavy atom. The van der Waals surface area contributed by atoms with E-state index in [-0.39, 0.29) is 0 Å². The van der Waals surface area contributed by atoms with Gasteiger partial charge in [-0.15, -0.1) is 10.2 Å². The average Bonchev–Trinajstić information content (AvgIpc) is 3.00. The predicted octanol–water partition coefficient (Wildman–Crippen LogP) is 1.83. The van der Waals surface area contributed by atoms with Crippen LogP contribution in [0.25, 0.3) is 11.6 Å². The molecule has 16 heavy (non-hydrogen) atoms. The van der Waals surface area contributed by atoms with Crippen LogP contribution in [-0.2, 0) is 0 Å². The Hall–Kier alpha value is -1.50. The molecule has 0 spiro atoms. The number of aromatic nitrogens is 4. The van der Waals surface area contributed by atoms with Gasteiger partial charge in [0.05, 0.1) is 12.4 Å². The second-order valence-electron chi connectivity index (χ2n) is 3.42. The van der Waals surface area contributed by atoms with Gasteiger partial charge in [0.2, 0.25) is 5.88 Å². The Balaban J connectivity index is 1.80. The summed E-state index contributed by atoms with van der Waals surface area (Å²) in [4.78, 5) is 8.58. The molecule has 6 nitrogen and oxygen atoms in total. The van der Waals surface area contributed by atoms with Crippen LogP contribution in [0, 0.1) is 0 Å². The smallest absolute Gasteiger partial charge is 0.285 e. The van der Waals surface area contributed by atoms with E-state index in [1.165, 1.54) is 0 Å². The molecule has 2 aromatic rings. The van der Waals surface area contributed by atoms with Crippen molar-refractivity contribution in [2.45, 2.75) is 18.9 Å². The Morgan fingerprint density at radius 2 is 2.12 bits per heavy atom. The van der Waals surface area contributed by atoms with Crippen LogP contribution in [0.1, 0.15) is 12.8 Å². The van der Waals surface area contributed by atoms with E-state index in [9.17, 15) is 0 Å². The van der Waals surface area contributed by atoms with Crippen LogP contribution in [0.4, 0.5) is 0 Å². The lowest BCUT2D eigenvalue weighted by Crippen LogP contribution is -1.99. The zero-order chi connectivity index (χ0) is 11.0. The Morgan fingerprint density at radius 3 is 2.69 bits per heavy atom. The van der Waals surface area contributed by atoms with Gasteiger partial charge in [-0.05, 0) is 12.8 Å². The van der Waals surface area contributed by atoms with E-state index < -0.39 is 0 Å². The third kappa shape index (κ3) is 2.04. The van der Waals surface area contributed by atoms with Crippen molar-refractivity contribution < 1.29 is 9.15 Å². The second-order valence-corrected chi connectivity index (χ2v) is 4.10. The highest BCUT2D eigenvalue weighted by atomic mass is 79.9. The maximum Gasteiger partial charge on any atom is 0.285 e. The first-order chi connectivity index (χ1) is 7.81. The third-order valence-corrected chi connectivity index (χ3v) is 2.38. The van der Waals surface area contributed by atoms with Crippen LogP contribution >= 0.6 is 15.9 Å². The lowest BCUT2D eigenvalue weighted by molar-refractivity contribution is 0.289. The highest BCUT2D eigenvalue weighted by molar-refractivity contribution is 9.10. The fraction of sp³-hybridized carbons (Fsp3) is 0.333. The normalized spacial score (nSPS) is 15.1. The summed E-state index contributed by atoms with van der Waals surface area (Å²) in [7, 11) is 0. The van der Waals surface area contributed by atoms with Gasteiger partial charge in [0, 0.05) is 15.9 Å². The van der Waals surface area contributed by atoms with Gasteiger partial charge in [0.25, 0.3) is 10.7 Å². The van der Waals surface area contributed by atoms with Gasteiger partial charge >= 0.3 is 0 Å². The van der Waals surface area contributed by atoms with Crippen molar-refractivity contribution in [1.29, 1.82) is 0 Å². The average molecular weight is 283 g/mol. The lowest BCUT2D eigenvalue weighted by atomic mass is 10.4. The third-order valence-electron chi connectivity index (χ3n) is 2.06. The maximum atomic E-state index is 5.47. The summed E-state index contributed by atoms with van der Waals surface area (Å²) in [6.07, 6.45) is 5.63. The van der Waals surface area contributed by atoms with Crippen LogP contribution in [0.15, 0.2) is 21.6 Å². The highest BCUT2D eigenvalue weighted by Crippen LogP contribution is 2.25. The Labute approximate surface area is 99.2 Å². The quantitative estimate of drug-likeness (QED) is 0.855. The summed E-state index contributed by atoms with van der Waals surface area (Å²) in [5, 5.41) is 7.46. The summed E-state index contributed by atoms with van der Waals surface area (Å²) in [6, 6.07) is 0. The SMILES string of the molecule is Brc1nnc(-c2cnc(OC3CC3)cn2)o1. The number of hydrogen-bond donors (Lipinski definition) is 0. The van der Waals surface area contributed by atoms with Crippen molar-refractivity contribution in [3.05, 3.63) is 17.2 Å². The van der Waals surface area contributed by atoms with E-state index in [1.54, 1.807) is 12.4 Å². The molecule has 2 aromatic heterocycles. The molecule has 3 rings (SSSR count). The summed E-state index contributed by atoms with van der Waals surface area (Å²) < 4.78 is 10.6. The fourth-order valence-corrected chi connectivity index (χ4v) is 1.39. The van der Waals surface area contributed by atoms with E-state index >= 15 is 0 Å². The molecule has 0 aliphatic heterocycles. The minimum absolute atomic E-state index is 0.317. The summed E-state index contributed by atoms with van der Waals surface area (Å²) in [6.45, 7) is 0. The molecular weight excluding hydrogens is 276 g/mol. The van der Waals surface area contributed by atoms with Crippen LogP contribution < -0.4 is 4.74 Å². The van der Waals surface area contributed by atoms with E-state index in [0.717, 1.165) is 12.8 Å². The molecule has 1 saturated carbocycles. The molecule has 0 N–H and O–H groups in total. The van der Waals surface area contributed by atoms with Crippen LogP contribution in [0.2, 0.25) is 0 Å². The summed E-state index contributed by atoms with van der Waals surface area (Å²) in [5.74, 6) is 0.863. The van der Waals surface area contributed by atoms with Crippen molar-refractivity contribution in [1.82, 2.24) is 20.2 Å². The van der Waals surface area contributed by atoms with Gasteiger partial charge in [0.1, 0.15) is 11.8 Å². The molecule has 0 atom stereocenters. The molecule has 1 aliphatic rings. The van der Waals surface area contributed by atoms with Crippen LogP contribution in [-0.4, -0.2) is 26.3 Å². The van der Waals surface area contributed by atoms with Gasteiger partial charge in [-0.2, -0.15) is 0 Å². The van der Waals surface area contributed by atoms with Gasteiger partial charge < -0.3 is 9.15 Å². The summed E-state index contributed by atoms with van der Waals surface area (Å²) in [5.41, 5.74) is 0.529. The first-order valence-electron chi connectivity index (χ1n) is 4.79. The molecule has 1 fully saturated rings. The maximum absolute atomic E-state index is 5.47. The molecule has 0 amide bonds. The molecule has 7 heteroatoms. The minimum Gasteiger partial charge on any atom is -0.473 e. The second kappa shape index (κ2) is 3.82. The summed E-state index contributed by atoms with van der Waals surface area (Å²) >= 11 is 3.07. The molecule has 0 bridgehead atoms. The Bertz CT molecular complexity index is 494. The van der Waals surface area contributed by atoms with Gasteiger partial charge in [0.15, 0.2) is 0 Å². The minimum atomic E-state index is 0.317. The highest BCUT2D eigenvalue weighted by Gasteiger charge is 2.24. The molecule has 2 heterocycles. The van der Waals surface area contributed by atoms with Crippen LogP contribution in [0.3, 0.4) is 0 Å². The van der Waals surface area contributed by atoms with Gasteiger partial charge in [-0.25, -0.2) is 9.97 Å². The zero-order valence-corrected chi connectivity index (χ0v) is 9.72. The molecule has 1 aliphatic carbocycles. The molecular formula is C9H7BrN4O2. The van der Waals surface area contributed by atoms with Gasteiger partial charge in [-0.1, -0.05) is 0 Å². The van der Waals surface area contributed by atoms with E-state index in [1.807, 2.05) is 0 Å². The van der Waals surface area contributed by atoms with Crippen molar-refractivity contribution in [2.24, 2.45) is 0 Å². The first kappa shape index (κ1) is 9.71. The van der Waals surface area contributed by atoms with Crippen molar-refractivity contribution >= 4 is 15.9 Å². The molecule has 0 unspecified atom stereocenters. The molecule has 0 saturated heterocycles.